The van der Waals surface area contributed by atoms with Crippen molar-refractivity contribution in [3.05, 3.63) is 63.5 Å². The van der Waals surface area contributed by atoms with Crippen LogP contribution >= 0.6 is 0 Å². The first kappa shape index (κ1) is 13.5. The summed E-state index contributed by atoms with van der Waals surface area (Å²) in [6.07, 6.45) is 0. The molecule has 20 heavy (non-hydrogen) atoms. The fourth-order valence-corrected chi connectivity index (χ4v) is 1.64. The molecule has 0 fully saturated rings. The van der Waals surface area contributed by atoms with Crippen molar-refractivity contribution in [2.24, 2.45) is 0 Å². The molecule has 6 heteroatoms. The van der Waals surface area contributed by atoms with Crippen molar-refractivity contribution in [1.29, 1.82) is 5.26 Å². The van der Waals surface area contributed by atoms with Crippen LogP contribution in [0.2, 0.25) is 0 Å². The largest absolute Gasteiger partial charge is 0.454 e. The maximum absolute atomic E-state index is 13.5. The lowest BCUT2D eigenvalue weighted by atomic mass is 10.2. The third-order valence-electron chi connectivity index (χ3n) is 2.60. The van der Waals surface area contributed by atoms with Gasteiger partial charge in [0.15, 0.2) is 11.6 Å². The topological polar surface area (TPSA) is 76.2 Å². The zero-order chi connectivity index (χ0) is 14.7. The van der Waals surface area contributed by atoms with Crippen LogP contribution in [-0.4, -0.2) is 4.92 Å². The zero-order valence-corrected chi connectivity index (χ0v) is 10.5. The molecule has 0 heterocycles. The summed E-state index contributed by atoms with van der Waals surface area (Å²) in [4.78, 5) is 10.0. The highest BCUT2D eigenvalue weighted by Gasteiger charge is 2.15. The molecule has 2 rings (SSSR count). The molecule has 0 amide bonds. The molecule has 0 N–H and O–H groups in total. The number of rotatable bonds is 3. The number of nitrogens with zero attached hydrogens (tertiary/aromatic N) is 2. The number of hydrogen-bond donors (Lipinski definition) is 0. The Morgan fingerprint density at radius 3 is 2.70 bits per heavy atom. The van der Waals surface area contributed by atoms with Crippen molar-refractivity contribution < 1.29 is 14.1 Å². The molecule has 2 aromatic rings. The summed E-state index contributed by atoms with van der Waals surface area (Å²) in [5.74, 6) is -0.383. The minimum Gasteiger partial charge on any atom is -0.454 e. The number of halogens is 1. The van der Waals surface area contributed by atoms with E-state index in [0.29, 0.717) is 0 Å². The summed E-state index contributed by atoms with van der Waals surface area (Å²) in [6.45, 7) is 1.78. The number of hydrogen-bond acceptors (Lipinski definition) is 4. The predicted octanol–water partition coefficient (Wildman–Crippen LogP) is 3.71. The van der Waals surface area contributed by atoms with E-state index in [4.69, 9.17) is 10.00 Å². The molecule has 0 aliphatic heterocycles. The summed E-state index contributed by atoms with van der Waals surface area (Å²) in [6, 6.07) is 9.76. The van der Waals surface area contributed by atoms with Gasteiger partial charge in [-0.2, -0.15) is 5.26 Å². The summed E-state index contributed by atoms with van der Waals surface area (Å²) in [7, 11) is 0. The van der Waals surface area contributed by atoms with Crippen molar-refractivity contribution in [2.45, 2.75) is 6.92 Å². The second kappa shape index (κ2) is 5.36. The van der Waals surface area contributed by atoms with E-state index < -0.39 is 10.7 Å². The van der Waals surface area contributed by atoms with Crippen molar-refractivity contribution in [1.82, 2.24) is 0 Å². The highest BCUT2D eigenvalue weighted by molar-refractivity contribution is 5.52. The Hall–Kier alpha value is -2.94. The van der Waals surface area contributed by atoms with E-state index in [9.17, 15) is 14.5 Å². The van der Waals surface area contributed by atoms with Crippen LogP contribution < -0.4 is 4.74 Å². The standard InChI is InChI=1S/C14H9FN2O3/c1-9-2-4-12(15)14(6-9)20-11-3-5-13(17(18)19)10(7-11)8-16/h2-7H,1H3. The first-order chi connectivity index (χ1) is 9.51. The fourth-order valence-electron chi connectivity index (χ4n) is 1.64. The minimum absolute atomic E-state index is 0.00254. The molecule has 0 unspecified atom stereocenters. The lowest BCUT2D eigenvalue weighted by Crippen LogP contribution is -1.94. The smallest absolute Gasteiger partial charge is 0.287 e. The number of nitro benzene ring substituents is 1. The third kappa shape index (κ3) is 2.72. The Morgan fingerprint density at radius 1 is 1.30 bits per heavy atom. The number of aryl methyl sites for hydroxylation is 1. The van der Waals surface area contributed by atoms with Crippen LogP contribution in [-0.2, 0) is 0 Å². The monoisotopic (exact) mass is 272 g/mol. The van der Waals surface area contributed by atoms with Crippen molar-refractivity contribution in [2.75, 3.05) is 0 Å². The molecule has 0 saturated carbocycles. The maximum atomic E-state index is 13.5. The van der Waals surface area contributed by atoms with Gasteiger partial charge >= 0.3 is 0 Å². The van der Waals surface area contributed by atoms with Gasteiger partial charge in [0.2, 0.25) is 0 Å². The van der Waals surface area contributed by atoms with Gasteiger partial charge in [-0.1, -0.05) is 6.07 Å². The first-order valence-corrected chi connectivity index (χ1v) is 5.64. The van der Waals surface area contributed by atoms with Gasteiger partial charge in [0.1, 0.15) is 17.4 Å². The van der Waals surface area contributed by atoms with E-state index in [1.165, 1.54) is 24.3 Å². The highest BCUT2D eigenvalue weighted by atomic mass is 19.1. The Balaban J connectivity index is 2.38. The molecule has 0 bridgehead atoms. The van der Waals surface area contributed by atoms with Crippen LogP contribution in [0.3, 0.4) is 0 Å². The average molecular weight is 272 g/mol. The lowest BCUT2D eigenvalue weighted by Gasteiger charge is -2.07. The Bertz CT molecular complexity index is 723. The maximum Gasteiger partial charge on any atom is 0.287 e. The molecule has 0 spiro atoms. The Labute approximate surface area is 114 Å². The quantitative estimate of drug-likeness (QED) is 0.630. The van der Waals surface area contributed by atoms with Gasteiger partial charge in [-0.15, -0.1) is 0 Å². The molecule has 0 aromatic heterocycles. The van der Waals surface area contributed by atoms with Crippen LogP contribution in [0.5, 0.6) is 11.5 Å². The van der Waals surface area contributed by atoms with E-state index in [0.717, 1.165) is 11.6 Å². The van der Waals surface area contributed by atoms with Crippen LogP contribution in [0.1, 0.15) is 11.1 Å². The number of benzene rings is 2. The molecule has 5 nitrogen and oxygen atoms in total. The summed E-state index contributed by atoms with van der Waals surface area (Å²) in [5.41, 5.74) is 0.356. The summed E-state index contributed by atoms with van der Waals surface area (Å²) in [5, 5.41) is 19.6. The van der Waals surface area contributed by atoms with Crippen LogP contribution in [0.25, 0.3) is 0 Å². The van der Waals surface area contributed by atoms with E-state index >= 15 is 0 Å². The number of ether oxygens (including phenoxy) is 1. The zero-order valence-electron chi connectivity index (χ0n) is 10.5. The summed E-state index contributed by atoms with van der Waals surface area (Å²) >= 11 is 0. The number of nitriles is 1. The molecule has 0 aliphatic rings. The molecule has 0 saturated heterocycles. The van der Waals surface area contributed by atoms with Crippen molar-refractivity contribution in [3.63, 3.8) is 0 Å². The molecule has 100 valence electrons. The molecule has 0 aliphatic carbocycles. The van der Waals surface area contributed by atoms with E-state index in [1.807, 2.05) is 0 Å². The fraction of sp³-hybridized carbons (Fsp3) is 0.0714. The normalized spacial score (nSPS) is 9.85. The second-order valence-electron chi connectivity index (χ2n) is 4.08. The molecular formula is C14H9FN2O3. The van der Waals surface area contributed by atoms with E-state index in [1.54, 1.807) is 19.1 Å². The van der Waals surface area contributed by atoms with Gasteiger partial charge in [0.25, 0.3) is 5.69 Å². The first-order valence-electron chi connectivity index (χ1n) is 5.64. The van der Waals surface area contributed by atoms with Crippen molar-refractivity contribution >= 4 is 5.69 Å². The summed E-state index contributed by atoms with van der Waals surface area (Å²) < 4.78 is 18.9. The van der Waals surface area contributed by atoms with Crippen molar-refractivity contribution in [3.8, 4) is 17.6 Å². The molecular weight excluding hydrogens is 263 g/mol. The average Bonchev–Trinajstić information content (AvgIpc) is 2.42. The van der Waals surface area contributed by atoms with Gasteiger partial charge in [0.05, 0.1) is 4.92 Å². The van der Waals surface area contributed by atoms with Crippen LogP contribution in [0, 0.1) is 34.2 Å². The minimum atomic E-state index is -0.657. The van der Waals surface area contributed by atoms with E-state index in [2.05, 4.69) is 0 Å². The second-order valence-corrected chi connectivity index (χ2v) is 4.08. The van der Waals surface area contributed by atoms with Gasteiger partial charge < -0.3 is 4.74 Å². The molecule has 0 radical (unpaired) electrons. The SMILES string of the molecule is Cc1ccc(F)c(Oc2ccc([N+](=O)[O-])c(C#N)c2)c1. The molecule has 2 aromatic carbocycles. The van der Waals surface area contributed by atoms with Gasteiger partial charge in [-0.3, -0.25) is 10.1 Å². The van der Waals surface area contributed by atoms with Crippen LogP contribution in [0.4, 0.5) is 10.1 Å². The highest BCUT2D eigenvalue weighted by Crippen LogP contribution is 2.29. The Kier molecular flexibility index (Phi) is 3.62. The lowest BCUT2D eigenvalue weighted by molar-refractivity contribution is -0.385. The third-order valence-corrected chi connectivity index (χ3v) is 2.60. The van der Waals surface area contributed by atoms with Gasteiger partial charge in [-0.05, 0) is 30.7 Å². The van der Waals surface area contributed by atoms with Gasteiger partial charge in [-0.25, -0.2) is 4.39 Å². The van der Waals surface area contributed by atoms with Gasteiger partial charge in [0, 0.05) is 12.1 Å². The molecule has 0 atom stereocenters. The Morgan fingerprint density at radius 2 is 2.05 bits per heavy atom. The van der Waals surface area contributed by atoms with E-state index in [-0.39, 0.29) is 22.7 Å². The van der Waals surface area contributed by atoms with Crippen LogP contribution in [0.15, 0.2) is 36.4 Å². The number of nitro groups is 1. The predicted molar refractivity (Wildman–Crippen MR) is 69.0 cm³/mol.